The quantitative estimate of drug-likeness (QED) is 0.787. The highest BCUT2D eigenvalue weighted by Gasteiger charge is 2.29. The standard InChI is InChI=1S/C15H17NO4/c1-7-6-10(19-2)13(20-3)8-4-5-9-12(11(7)8)15(18)16-14(9)17/h6,16-18H,4-5H2,1-3H3. The van der Waals surface area contributed by atoms with Gasteiger partial charge in [0.05, 0.1) is 19.8 Å². The Balaban J connectivity index is 2.36. The van der Waals surface area contributed by atoms with Crippen LogP contribution in [-0.4, -0.2) is 29.4 Å². The fraction of sp³-hybridized carbons (Fsp3) is 0.333. The van der Waals surface area contributed by atoms with Gasteiger partial charge in [0.25, 0.3) is 0 Å². The summed E-state index contributed by atoms with van der Waals surface area (Å²) in [5.41, 5.74) is 4.32. The van der Waals surface area contributed by atoms with E-state index in [9.17, 15) is 10.2 Å². The van der Waals surface area contributed by atoms with E-state index in [0.29, 0.717) is 23.5 Å². The average molecular weight is 275 g/mol. The van der Waals surface area contributed by atoms with Crippen molar-refractivity contribution in [2.45, 2.75) is 19.8 Å². The highest BCUT2D eigenvalue weighted by Crippen LogP contribution is 2.50. The summed E-state index contributed by atoms with van der Waals surface area (Å²) in [5, 5.41) is 19.9. The van der Waals surface area contributed by atoms with Crippen LogP contribution in [0.3, 0.4) is 0 Å². The number of methoxy groups -OCH3 is 2. The van der Waals surface area contributed by atoms with Gasteiger partial charge in [0.1, 0.15) is 0 Å². The second kappa shape index (κ2) is 4.37. The van der Waals surface area contributed by atoms with Gasteiger partial charge in [-0.1, -0.05) is 0 Å². The van der Waals surface area contributed by atoms with Gasteiger partial charge < -0.3 is 19.7 Å². The lowest BCUT2D eigenvalue weighted by Gasteiger charge is -2.23. The number of nitrogens with one attached hydrogen (secondary N) is 1. The van der Waals surface area contributed by atoms with E-state index in [-0.39, 0.29) is 11.8 Å². The highest BCUT2D eigenvalue weighted by atomic mass is 16.5. The number of aromatic nitrogens is 1. The molecule has 0 bridgehead atoms. The molecule has 2 aromatic rings. The van der Waals surface area contributed by atoms with E-state index in [1.165, 1.54) is 0 Å². The molecule has 3 N–H and O–H groups in total. The second-order valence-electron chi connectivity index (χ2n) is 4.96. The summed E-state index contributed by atoms with van der Waals surface area (Å²) in [6.45, 7) is 1.96. The monoisotopic (exact) mass is 275 g/mol. The van der Waals surface area contributed by atoms with Crippen LogP contribution in [0.2, 0.25) is 0 Å². The molecule has 20 heavy (non-hydrogen) atoms. The van der Waals surface area contributed by atoms with Crippen LogP contribution in [0.4, 0.5) is 0 Å². The van der Waals surface area contributed by atoms with E-state index in [0.717, 1.165) is 28.7 Å². The fourth-order valence-electron chi connectivity index (χ4n) is 3.07. The van der Waals surface area contributed by atoms with Crippen molar-refractivity contribution in [3.8, 4) is 34.4 Å². The zero-order valence-corrected chi connectivity index (χ0v) is 11.7. The Hall–Kier alpha value is -2.30. The van der Waals surface area contributed by atoms with E-state index in [1.807, 2.05) is 13.0 Å². The van der Waals surface area contributed by atoms with E-state index in [4.69, 9.17) is 9.47 Å². The summed E-state index contributed by atoms with van der Waals surface area (Å²) in [6.07, 6.45) is 1.38. The minimum Gasteiger partial charge on any atom is -0.494 e. The summed E-state index contributed by atoms with van der Waals surface area (Å²) >= 11 is 0. The number of H-pyrrole nitrogens is 1. The van der Waals surface area contributed by atoms with Crippen molar-refractivity contribution in [2.75, 3.05) is 14.2 Å². The van der Waals surface area contributed by atoms with Crippen LogP contribution in [0.25, 0.3) is 11.1 Å². The third kappa shape index (κ3) is 1.56. The molecule has 1 aliphatic carbocycles. The Kier molecular flexibility index (Phi) is 2.78. The van der Waals surface area contributed by atoms with Crippen molar-refractivity contribution in [2.24, 2.45) is 0 Å². The van der Waals surface area contributed by atoms with Gasteiger partial charge in [-0.25, -0.2) is 0 Å². The molecule has 3 rings (SSSR count). The average Bonchev–Trinajstić information content (AvgIpc) is 2.73. The number of aromatic amines is 1. The first-order valence-corrected chi connectivity index (χ1v) is 6.46. The molecule has 1 aromatic heterocycles. The lowest BCUT2D eigenvalue weighted by atomic mass is 9.84. The number of ether oxygens (including phenoxy) is 2. The molecule has 0 spiro atoms. The third-order valence-electron chi connectivity index (χ3n) is 3.90. The number of rotatable bonds is 2. The van der Waals surface area contributed by atoms with Gasteiger partial charge in [0.2, 0.25) is 0 Å². The minimum absolute atomic E-state index is 0.00577. The van der Waals surface area contributed by atoms with E-state index < -0.39 is 0 Å². The first kappa shape index (κ1) is 12.7. The van der Waals surface area contributed by atoms with E-state index in [2.05, 4.69) is 4.98 Å². The molecular weight excluding hydrogens is 258 g/mol. The Morgan fingerprint density at radius 3 is 2.35 bits per heavy atom. The summed E-state index contributed by atoms with van der Waals surface area (Å²) < 4.78 is 10.8. The second-order valence-corrected chi connectivity index (χ2v) is 4.96. The van der Waals surface area contributed by atoms with Crippen molar-refractivity contribution in [3.63, 3.8) is 0 Å². The predicted molar refractivity (Wildman–Crippen MR) is 74.8 cm³/mol. The van der Waals surface area contributed by atoms with Gasteiger partial charge in [-0.05, 0) is 37.0 Å². The summed E-state index contributed by atoms with van der Waals surface area (Å²) in [7, 11) is 3.22. The predicted octanol–water partition coefficient (Wildman–Crippen LogP) is 2.52. The summed E-state index contributed by atoms with van der Waals surface area (Å²) in [4.78, 5) is 2.59. The highest BCUT2D eigenvalue weighted by molar-refractivity contribution is 5.84. The van der Waals surface area contributed by atoms with Crippen LogP contribution in [0.5, 0.6) is 23.3 Å². The van der Waals surface area contributed by atoms with Crippen LogP contribution < -0.4 is 9.47 Å². The van der Waals surface area contributed by atoms with Crippen LogP contribution in [0.1, 0.15) is 16.7 Å². The number of fused-ring (bicyclic) bond motifs is 3. The molecule has 0 saturated heterocycles. The van der Waals surface area contributed by atoms with Gasteiger partial charge >= 0.3 is 0 Å². The molecule has 5 heteroatoms. The molecule has 1 heterocycles. The summed E-state index contributed by atoms with van der Waals surface area (Å²) in [6, 6.07) is 1.89. The largest absolute Gasteiger partial charge is 0.494 e. The normalized spacial score (nSPS) is 12.8. The Morgan fingerprint density at radius 2 is 1.70 bits per heavy atom. The molecule has 0 amide bonds. The molecular formula is C15H17NO4. The Morgan fingerprint density at radius 1 is 1.00 bits per heavy atom. The smallest absolute Gasteiger partial charge is 0.199 e. The minimum atomic E-state index is -0.00577. The van der Waals surface area contributed by atoms with Crippen molar-refractivity contribution < 1.29 is 19.7 Å². The molecule has 106 valence electrons. The lowest BCUT2D eigenvalue weighted by molar-refractivity contribution is 0.351. The Bertz CT molecular complexity index is 688. The van der Waals surface area contributed by atoms with Gasteiger partial charge in [-0.15, -0.1) is 0 Å². The first-order valence-electron chi connectivity index (χ1n) is 6.46. The molecule has 0 aliphatic heterocycles. The number of aryl methyl sites for hydroxylation is 1. The molecule has 5 nitrogen and oxygen atoms in total. The molecule has 0 fully saturated rings. The molecule has 1 aliphatic rings. The van der Waals surface area contributed by atoms with Crippen molar-refractivity contribution in [3.05, 3.63) is 22.8 Å². The SMILES string of the molecule is COc1cc(C)c2c(c1OC)CCc1c(O)[nH]c(O)c1-2. The maximum atomic E-state index is 10.1. The number of hydrogen-bond donors (Lipinski definition) is 3. The van der Waals surface area contributed by atoms with Crippen LogP contribution in [0, 0.1) is 6.92 Å². The summed E-state index contributed by atoms with van der Waals surface area (Å²) in [5.74, 6) is 1.41. The van der Waals surface area contributed by atoms with Crippen molar-refractivity contribution in [1.29, 1.82) is 0 Å². The molecule has 0 saturated carbocycles. The lowest BCUT2D eigenvalue weighted by Crippen LogP contribution is -2.07. The first-order chi connectivity index (χ1) is 9.58. The number of benzene rings is 1. The van der Waals surface area contributed by atoms with Crippen molar-refractivity contribution in [1.82, 2.24) is 4.98 Å². The van der Waals surface area contributed by atoms with Gasteiger partial charge in [-0.3, -0.25) is 4.98 Å². The fourth-order valence-corrected chi connectivity index (χ4v) is 3.07. The van der Waals surface area contributed by atoms with Crippen LogP contribution >= 0.6 is 0 Å². The number of aromatic hydroxyl groups is 2. The third-order valence-corrected chi connectivity index (χ3v) is 3.90. The molecule has 0 radical (unpaired) electrons. The molecule has 0 unspecified atom stereocenters. The van der Waals surface area contributed by atoms with Gasteiger partial charge in [-0.2, -0.15) is 0 Å². The topological polar surface area (TPSA) is 74.7 Å². The van der Waals surface area contributed by atoms with Crippen molar-refractivity contribution >= 4 is 0 Å². The molecule has 1 aromatic carbocycles. The van der Waals surface area contributed by atoms with Gasteiger partial charge in [0, 0.05) is 11.1 Å². The zero-order valence-electron chi connectivity index (χ0n) is 11.7. The van der Waals surface area contributed by atoms with E-state index >= 15 is 0 Å². The zero-order chi connectivity index (χ0) is 14.4. The number of hydrogen-bond acceptors (Lipinski definition) is 4. The van der Waals surface area contributed by atoms with Crippen LogP contribution in [0.15, 0.2) is 6.07 Å². The maximum Gasteiger partial charge on any atom is 0.199 e. The molecule has 0 atom stereocenters. The maximum absolute atomic E-state index is 10.1. The van der Waals surface area contributed by atoms with Gasteiger partial charge in [0.15, 0.2) is 23.3 Å². The Labute approximate surface area is 116 Å². The van der Waals surface area contributed by atoms with E-state index in [1.54, 1.807) is 14.2 Å². The van der Waals surface area contributed by atoms with Crippen LogP contribution in [-0.2, 0) is 12.8 Å².